The average Bonchev–Trinajstić information content (AvgIpc) is 3.26. The maximum Gasteiger partial charge on any atom is 0.344 e. The lowest BCUT2D eigenvalue weighted by molar-refractivity contribution is -0.384. The van der Waals surface area contributed by atoms with Crippen LogP contribution in [0.25, 0.3) is 28.3 Å². The summed E-state index contributed by atoms with van der Waals surface area (Å²) in [4.78, 5) is 46.5. The first-order valence-corrected chi connectivity index (χ1v) is 12.7. The third kappa shape index (κ3) is 5.56. The molecule has 0 aliphatic rings. The normalized spacial score (nSPS) is 11.2. The van der Waals surface area contributed by atoms with Crippen LogP contribution in [0.2, 0.25) is 0 Å². The molecule has 0 bridgehead atoms. The van der Waals surface area contributed by atoms with Crippen molar-refractivity contribution in [3.05, 3.63) is 112 Å². The van der Waals surface area contributed by atoms with E-state index in [0.717, 1.165) is 5.56 Å². The summed E-state index contributed by atoms with van der Waals surface area (Å²) in [6, 6.07) is 23.1. The van der Waals surface area contributed by atoms with Crippen LogP contribution in [0.3, 0.4) is 0 Å². The molecular weight excluding hydrogens is 510 g/mol. The molecule has 1 N–H and O–H groups in total. The minimum Gasteiger partial charge on any atom is -0.462 e. The Morgan fingerprint density at radius 3 is 2.45 bits per heavy atom. The minimum absolute atomic E-state index is 0.0857. The fraction of sp³-hybridized carbons (Fsp3) is 0.133. The Morgan fingerprint density at radius 1 is 1.00 bits per heavy atom. The van der Waals surface area contributed by atoms with Gasteiger partial charge in [0.15, 0.2) is 5.65 Å². The summed E-state index contributed by atoms with van der Waals surface area (Å²) in [6.07, 6.45) is 3.33. The Labute approximate surface area is 229 Å². The zero-order chi connectivity index (χ0) is 28.1. The number of aryl methyl sites for hydroxylation is 2. The summed E-state index contributed by atoms with van der Waals surface area (Å²) in [5, 5.41) is 13.9. The first kappa shape index (κ1) is 26.2. The van der Waals surface area contributed by atoms with Gasteiger partial charge >= 0.3 is 5.97 Å². The third-order valence-corrected chi connectivity index (χ3v) is 6.25. The minimum atomic E-state index is -0.631. The van der Waals surface area contributed by atoms with Gasteiger partial charge in [-0.15, -0.1) is 0 Å². The number of fused-ring (bicyclic) bond motifs is 2. The number of esters is 1. The number of carbonyl (C=O) groups excluding carboxylic acids is 2. The van der Waals surface area contributed by atoms with Gasteiger partial charge in [-0.2, -0.15) is 0 Å². The molecule has 5 rings (SSSR count). The van der Waals surface area contributed by atoms with Crippen LogP contribution in [0.4, 0.5) is 11.5 Å². The van der Waals surface area contributed by atoms with Gasteiger partial charge in [0.2, 0.25) is 5.91 Å². The average molecular weight is 536 g/mol. The summed E-state index contributed by atoms with van der Waals surface area (Å²) >= 11 is 0. The number of rotatable bonds is 9. The SMILES string of the molecule is CCOC(=O)c1c(NC(=O)/C=C\c2cccc([N+](=O)[O-])c2)n(CCc2ccccc2)c2nc3ccccc3nc12. The number of hydrogen-bond donors (Lipinski definition) is 1. The van der Waals surface area contributed by atoms with Crippen molar-refractivity contribution in [3.8, 4) is 0 Å². The molecule has 3 aromatic carbocycles. The maximum absolute atomic E-state index is 13.2. The summed E-state index contributed by atoms with van der Waals surface area (Å²) in [5.74, 6) is -0.952. The molecule has 0 spiro atoms. The highest BCUT2D eigenvalue weighted by atomic mass is 16.6. The van der Waals surface area contributed by atoms with E-state index in [-0.39, 0.29) is 23.7 Å². The van der Waals surface area contributed by atoms with Crippen LogP contribution in [0.15, 0.2) is 84.9 Å². The highest BCUT2D eigenvalue weighted by molar-refractivity contribution is 6.13. The number of non-ortho nitro benzene ring substituents is 1. The van der Waals surface area contributed by atoms with Crippen LogP contribution >= 0.6 is 0 Å². The predicted molar refractivity (Wildman–Crippen MR) is 152 cm³/mol. The van der Waals surface area contributed by atoms with Crippen molar-refractivity contribution >= 4 is 51.7 Å². The van der Waals surface area contributed by atoms with Crippen molar-refractivity contribution in [2.75, 3.05) is 11.9 Å². The van der Waals surface area contributed by atoms with Crippen LogP contribution in [0.1, 0.15) is 28.4 Å². The van der Waals surface area contributed by atoms with E-state index in [1.807, 2.05) is 48.5 Å². The van der Waals surface area contributed by atoms with Gasteiger partial charge in [0.25, 0.3) is 5.69 Å². The van der Waals surface area contributed by atoms with Crippen LogP contribution in [-0.4, -0.2) is 37.9 Å². The number of nitrogens with one attached hydrogen (secondary N) is 1. The highest BCUT2D eigenvalue weighted by Gasteiger charge is 2.27. The van der Waals surface area contributed by atoms with Crippen LogP contribution in [-0.2, 0) is 22.5 Å². The molecule has 0 aliphatic carbocycles. The summed E-state index contributed by atoms with van der Waals surface area (Å²) < 4.78 is 7.13. The molecular formula is C30H25N5O5. The highest BCUT2D eigenvalue weighted by Crippen LogP contribution is 2.31. The monoisotopic (exact) mass is 535 g/mol. The Bertz CT molecular complexity index is 1760. The summed E-state index contributed by atoms with van der Waals surface area (Å²) in [5.41, 5.74) is 3.58. The van der Waals surface area contributed by atoms with E-state index >= 15 is 0 Å². The van der Waals surface area contributed by atoms with Gasteiger partial charge in [0.1, 0.15) is 16.9 Å². The van der Waals surface area contributed by atoms with Crippen molar-refractivity contribution in [2.24, 2.45) is 0 Å². The van der Waals surface area contributed by atoms with Crippen LogP contribution in [0.5, 0.6) is 0 Å². The number of carbonyl (C=O) groups is 2. The molecule has 0 saturated carbocycles. The topological polar surface area (TPSA) is 129 Å². The van der Waals surface area contributed by atoms with Crippen molar-refractivity contribution in [1.29, 1.82) is 0 Å². The lowest BCUT2D eigenvalue weighted by Gasteiger charge is -2.12. The van der Waals surface area contributed by atoms with E-state index in [1.54, 1.807) is 23.6 Å². The van der Waals surface area contributed by atoms with Gasteiger partial charge in [0.05, 0.1) is 22.6 Å². The Balaban J connectivity index is 1.60. The van der Waals surface area contributed by atoms with Crippen molar-refractivity contribution in [2.45, 2.75) is 19.9 Å². The van der Waals surface area contributed by atoms with Crippen LogP contribution in [0, 0.1) is 10.1 Å². The molecule has 0 atom stereocenters. The number of nitro benzene ring substituents is 1. The van der Waals surface area contributed by atoms with Crippen molar-refractivity contribution in [1.82, 2.24) is 14.5 Å². The number of aromatic nitrogens is 3. The fourth-order valence-electron chi connectivity index (χ4n) is 4.40. The van der Waals surface area contributed by atoms with E-state index in [0.29, 0.717) is 40.7 Å². The number of anilines is 1. The third-order valence-electron chi connectivity index (χ3n) is 6.25. The first-order valence-electron chi connectivity index (χ1n) is 12.7. The second-order valence-electron chi connectivity index (χ2n) is 8.89. The smallest absolute Gasteiger partial charge is 0.344 e. The zero-order valence-electron chi connectivity index (χ0n) is 21.6. The molecule has 0 saturated heterocycles. The molecule has 200 valence electrons. The van der Waals surface area contributed by atoms with Crippen LogP contribution < -0.4 is 5.32 Å². The molecule has 10 heteroatoms. The Morgan fingerprint density at radius 2 is 1.73 bits per heavy atom. The molecule has 0 fully saturated rings. The second kappa shape index (κ2) is 11.6. The van der Waals surface area contributed by atoms with Gasteiger partial charge in [-0.25, -0.2) is 14.8 Å². The van der Waals surface area contributed by atoms with Gasteiger partial charge in [-0.3, -0.25) is 14.9 Å². The van der Waals surface area contributed by atoms with Gasteiger partial charge in [-0.05, 0) is 42.7 Å². The number of nitro groups is 1. The quantitative estimate of drug-likeness (QED) is 0.113. The lowest BCUT2D eigenvalue weighted by Crippen LogP contribution is -2.17. The molecule has 0 aliphatic heterocycles. The number of amides is 1. The zero-order valence-corrected chi connectivity index (χ0v) is 21.6. The molecule has 40 heavy (non-hydrogen) atoms. The van der Waals surface area contributed by atoms with E-state index < -0.39 is 16.8 Å². The Kier molecular flexibility index (Phi) is 7.58. The molecule has 2 aromatic heterocycles. The molecule has 0 radical (unpaired) electrons. The molecule has 10 nitrogen and oxygen atoms in total. The Hall–Kier alpha value is -5.38. The molecule has 0 unspecified atom stereocenters. The molecule has 1 amide bonds. The van der Waals surface area contributed by atoms with E-state index in [1.165, 1.54) is 30.4 Å². The number of benzene rings is 3. The number of nitrogens with zero attached hydrogens (tertiary/aromatic N) is 4. The van der Waals surface area contributed by atoms with Gasteiger partial charge in [0, 0.05) is 24.8 Å². The fourth-order valence-corrected chi connectivity index (χ4v) is 4.40. The first-order chi connectivity index (χ1) is 19.4. The summed E-state index contributed by atoms with van der Waals surface area (Å²) in [7, 11) is 0. The lowest BCUT2D eigenvalue weighted by atomic mass is 10.1. The standard InChI is InChI=1S/C30H25N5O5/c1-2-40-30(37)26-27-29(32-24-14-7-6-13-23(24)31-27)34(18-17-20-9-4-3-5-10-20)28(26)33-25(36)16-15-21-11-8-12-22(19-21)35(38)39/h3-16,19H,2,17-18H2,1H3,(H,33,36)/b16-15-. The van der Waals surface area contributed by atoms with Crippen molar-refractivity contribution in [3.63, 3.8) is 0 Å². The van der Waals surface area contributed by atoms with Gasteiger partial charge in [-0.1, -0.05) is 54.6 Å². The molecule has 2 heterocycles. The maximum atomic E-state index is 13.2. The van der Waals surface area contributed by atoms with E-state index in [9.17, 15) is 19.7 Å². The van der Waals surface area contributed by atoms with Crippen molar-refractivity contribution < 1.29 is 19.2 Å². The summed E-state index contributed by atoms with van der Waals surface area (Å²) in [6.45, 7) is 2.24. The second-order valence-corrected chi connectivity index (χ2v) is 8.89. The van der Waals surface area contributed by atoms with E-state index in [4.69, 9.17) is 14.7 Å². The number of para-hydroxylation sites is 2. The number of ether oxygens (including phenoxy) is 1. The largest absolute Gasteiger partial charge is 0.462 e. The van der Waals surface area contributed by atoms with E-state index in [2.05, 4.69) is 5.32 Å². The molecule has 5 aromatic rings. The van der Waals surface area contributed by atoms with Gasteiger partial charge < -0.3 is 14.6 Å². The number of hydrogen-bond acceptors (Lipinski definition) is 7. The predicted octanol–water partition coefficient (Wildman–Crippen LogP) is 5.56.